The van der Waals surface area contributed by atoms with Crippen molar-refractivity contribution in [3.05, 3.63) is 11.6 Å². The van der Waals surface area contributed by atoms with Gasteiger partial charge in [-0.1, -0.05) is 13.0 Å². The Labute approximate surface area is 56.4 Å². The van der Waals surface area contributed by atoms with E-state index in [1.54, 1.807) is 0 Å². The standard InChI is InChI=1S/C8H14O/c1-3-4-7(2)8(9)5-6-8/h4,9H,3,5-6H2,1-2H3/b7-4+. The van der Waals surface area contributed by atoms with Crippen LogP contribution in [-0.2, 0) is 0 Å². The van der Waals surface area contributed by atoms with E-state index < -0.39 is 0 Å². The zero-order valence-electron chi connectivity index (χ0n) is 6.15. The summed E-state index contributed by atoms with van der Waals surface area (Å²) in [6.07, 6.45) is 5.08. The molecule has 1 N–H and O–H groups in total. The molecule has 1 fully saturated rings. The van der Waals surface area contributed by atoms with Gasteiger partial charge in [-0.2, -0.15) is 0 Å². The van der Waals surface area contributed by atoms with Gasteiger partial charge in [-0.25, -0.2) is 0 Å². The molecule has 0 aromatic heterocycles. The van der Waals surface area contributed by atoms with E-state index >= 15 is 0 Å². The highest BCUT2D eigenvalue weighted by atomic mass is 16.3. The molecule has 0 aromatic rings. The third-order valence-electron chi connectivity index (χ3n) is 1.97. The topological polar surface area (TPSA) is 20.2 Å². The van der Waals surface area contributed by atoms with Crippen LogP contribution in [0, 0.1) is 0 Å². The Morgan fingerprint density at radius 2 is 2.22 bits per heavy atom. The number of hydrogen-bond donors (Lipinski definition) is 1. The first-order valence-corrected chi connectivity index (χ1v) is 3.58. The molecule has 0 bridgehead atoms. The van der Waals surface area contributed by atoms with Gasteiger partial charge in [0.05, 0.1) is 5.60 Å². The van der Waals surface area contributed by atoms with Crippen LogP contribution in [0.4, 0.5) is 0 Å². The zero-order valence-corrected chi connectivity index (χ0v) is 6.15. The maximum atomic E-state index is 9.46. The third kappa shape index (κ3) is 1.33. The quantitative estimate of drug-likeness (QED) is 0.560. The fourth-order valence-electron chi connectivity index (χ4n) is 1.01. The average molecular weight is 126 g/mol. The van der Waals surface area contributed by atoms with Crippen molar-refractivity contribution in [3.8, 4) is 0 Å². The molecule has 1 nitrogen and oxygen atoms in total. The fourth-order valence-corrected chi connectivity index (χ4v) is 1.01. The Hall–Kier alpha value is -0.300. The first-order chi connectivity index (χ1) is 4.19. The van der Waals surface area contributed by atoms with Gasteiger partial charge < -0.3 is 5.11 Å². The SMILES string of the molecule is CC/C=C(\C)C1(O)CC1. The Balaban J connectivity index is 2.51. The lowest BCUT2D eigenvalue weighted by Gasteiger charge is -2.05. The highest BCUT2D eigenvalue weighted by Crippen LogP contribution is 2.41. The van der Waals surface area contributed by atoms with Gasteiger partial charge in [0, 0.05) is 0 Å². The van der Waals surface area contributed by atoms with Crippen LogP contribution in [0.3, 0.4) is 0 Å². The Morgan fingerprint density at radius 1 is 1.67 bits per heavy atom. The van der Waals surface area contributed by atoms with E-state index in [4.69, 9.17) is 0 Å². The third-order valence-corrected chi connectivity index (χ3v) is 1.97. The number of hydrogen-bond acceptors (Lipinski definition) is 1. The Bertz CT molecular complexity index is 132. The van der Waals surface area contributed by atoms with Gasteiger partial charge in [0.2, 0.25) is 0 Å². The lowest BCUT2D eigenvalue weighted by Crippen LogP contribution is -2.07. The summed E-state index contributed by atoms with van der Waals surface area (Å²) in [4.78, 5) is 0. The van der Waals surface area contributed by atoms with Crippen LogP contribution in [-0.4, -0.2) is 10.7 Å². The van der Waals surface area contributed by atoms with Gasteiger partial charge >= 0.3 is 0 Å². The van der Waals surface area contributed by atoms with Crippen molar-refractivity contribution in [3.63, 3.8) is 0 Å². The van der Waals surface area contributed by atoms with E-state index in [0.29, 0.717) is 0 Å². The van der Waals surface area contributed by atoms with Crippen molar-refractivity contribution in [2.24, 2.45) is 0 Å². The minimum Gasteiger partial charge on any atom is -0.386 e. The van der Waals surface area contributed by atoms with E-state index in [0.717, 1.165) is 24.8 Å². The molecule has 0 amide bonds. The van der Waals surface area contributed by atoms with Gasteiger partial charge in [0.15, 0.2) is 0 Å². The van der Waals surface area contributed by atoms with E-state index in [2.05, 4.69) is 13.0 Å². The van der Waals surface area contributed by atoms with Crippen LogP contribution in [0.5, 0.6) is 0 Å². The van der Waals surface area contributed by atoms with Gasteiger partial charge in [-0.15, -0.1) is 0 Å². The van der Waals surface area contributed by atoms with E-state index in [1.807, 2.05) is 6.92 Å². The second-order valence-corrected chi connectivity index (χ2v) is 2.83. The highest BCUT2D eigenvalue weighted by Gasteiger charge is 2.41. The molecule has 9 heavy (non-hydrogen) atoms. The molecule has 1 aliphatic rings. The van der Waals surface area contributed by atoms with Gasteiger partial charge in [-0.3, -0.25) is 0 Å². The summed E-state index contributed by atoms with van der Waals surface area (Å²) in [6.45, 7) is 4.10. The van der Waals surface area contributed by atoms with Crippen molar-refractivity contribution in [2.75, 3.05) is 0 Å². The van der Waals surface area contributed by atoms with Crippen molar-refractivity contribution in [1.29, 1.82) is 0 Å². The van der Waals surface area contributed by atoms with Crippen molar-refractivity contribution in [1.82, 2.24) is 0 Å². The molecule has 52 valence electrons. The molecule has 1 heteroatoms. The van der Waals surface area contributed by atoms with Crippen LogP contribution in [0.2, 0.25) is 0 Å². The average Bonchev–Trinajstić information content (AvgIpc) is 2.50. The summed E-state index contributed by atoms with van der Waals surface area (Å²) in [5.41, 5.74) is 0.778. The normalized spacial score (nSPS) is 24.1. The smallest absolute Gasteiger partial charge is 0.0856 e. The monoisotopic (exact) mass is 126 g/mol. The minimum atomic E-state index is -0.379. The molecule has 0 heterocycles. The summed E-state index contributed by atoms with van der Waals surface area (Å²) in [7, 11) is 0. The van der Waals surface area contributed by atoms with E-state index in [-0.39, 0.29) is 5.60 Å². The van der Waals surface area contributed by atoms with Crippen molar-refractivity contribution >= 4 is 0 Å². The summed E-state index contributed by atoms with van der Waals surface area (Å²) in [5, 5.41) is 9.46. The van der Waals surface area contributed by atoms with Gasteiger partial charge in [-0.05, 0) is 31.8 Å². The van der Waals surface area contributed by atoms with Gasteiger partial charge in [0.1, 0.15) is 0 Å². The molecule has 0 atom stereocenters. The lowest BCUT2D eigenvalue weighted by atomic mass is 10.1. The lowest BCUT2D eigenvalue weighted by molar-refractivity contribution is 0.188. The first-order valence-electron chi connectivity index (χ1n) is 3.58. The number of aliphatic hydroxyl groups is 1. The largest absolute Gasteiger partial charge is 0.386 e. The van der Waals surface area contributed by atoms with Crippen LogP contribution >= 0.6 is 0 Å². The predicted octanol–water partition coefficient (Wildman–Crippen LogP) is 1.87. The second-order valence-electron chi connectivity index (χ2n) is 2.83. The number of allylic oxidation sites excluding steroid dienone is 1. The molecule has 0 radical (unpaired) electrons. The van der Waals surface area contributed by atoms with Crippen LogP contribution in [0.25, 0.3) is 0 Å². The molecular formula is C8H14O. The summed E-state index contributed by atoms with van der Waals surface area (Å²) in [6, 6.07) is 0. The summed E-state index contributed by atoms with van der Waals surface area (Å²) >= 11 is 0. The molecule has 0 aromatic carbocycles. The summed E-state index contributed by atoms with van der Waals surface area (Å²) in [5.74, 6) is 0. The second kappa shape index (κ2) is 2.14. The van der Waals surface area contributed by atoms with Crippen molar-refractivity contribution in [2.45, 2.75) is 38.7 Å². The highest BCUT2D eigenvalue weighted by molar-refractivity contribution is 5.21. The maximum absolute atomic E-state index is 9.46. The molecule has 0 saturated heterocycles. The fraction of sp³-hybridized carbons (Fsp3) is 0.750. The van der Waals surface area contributed by atoms with Crippen LogP contribution < -0.4 is 0 Å². The molecule has 0 spiro atoms. The molecule has 1 aliphatic carbocycles. The Morgan fingerprint density at radius 3 is 2.56 bits per heavy atom. The molecule has 0 aliphatic heterocycles. The minimum absolute atomic E-state index is 0.379. The zero-order chi connectivity index (χ0) is 6.91. The predicted molar refractivity (Wildman–Crippen MR) is 38.2 cm³/mol. The molecule has 1 saturated carbocycles. The van der Waals surface area contributed by atoms with Gasteiger partial charge in [0.25, 0.3) is 0 Å². The Kier molecular flexibility index (Phi) is 1.62. The first kappa shape index (κ1) is 6.81. The van der Waals surface area contributed by atoms with Crippen LogP contribution in [0.1, 0.15) is 33.1 Å². The van der Waals surface area contributed by atoms with Crippen LogP contribution in [0.15, 0.2) is 11.6 Å². The van der Waals surface area contributed by atoms with E-state index in [9.17, 15) is 5.11 Å². The molecular weight excluding hydrogens is 112 g/mol. The molecule has 0 unspecified atom stereocenters. The van der Waals surface area contributed by atoms with Crippen molar-refractivity contribution < 1.29 is 5.11 Å². The maximum Gasteiger partial charge on any atom is 0.0856 e. The number of rotatable bonds is 2. The van der Waals surface area contributed by atoms with E-state index in [1.165, 1.54) is 0 Å². The molecule has 1 rings (SSSR count). The summed E-state index contributed by atoms with van der Waals surface area (Å²) < 4.78 is 0.